The first-order chi connectivity index (χ1) is 14.1. The molecule has 1 atom stereocenters. The summed E-state index contributed by atoms with van der Waals surface area (Å²) >= 11 is 1.47. The van der Waals surface area contributed by atoms with Crippen LogP contribution in [0.2, 0.25) is 0 Å². The Morgan fingerprint density at radius 2 is 2.03 bits per heavy atom. The minimum absolute atomic E-state index is 0.00174. The molecule has 1 fully saturated rings. The highest BCUT2D eigenvalue weighted by atomic mass is 32.1. The molecular formula is C21H22N6OS. The molecule has 1 aromatic carbocycles. The normalized spacial score (nSPS) is 16.5. The third-order valence-corrected chi connectivity index (χ3v) is 5.47. The van der Waals surface area contributed by atoms with Gasteiger partial charge >= 0.3 is 0 Å². The quantitative estimate of drug-likeness (QED) is 0.643. The number of rotatable bonds is 5. The summed E-state index contributed by atoms with van der Waals surface area (Å²) in [4.78, 5) is 23.8. The SMILES string of the molecule is Cc1nc(Nc2nnc(C)s2)cc([C@H]2CCCN2C(=O)/C=C/c2ccccc2)n1. The number of hydrogen-bond acceptors (Lipinski definition) is 7. The first kappa shape index (κ1) is 19.2. The van der Waals surface area contributed by atoms with Gasteiger partial charge in [0.2, 0.25) is 11.0 Å². The van der Waals surface area contributed by atoms with Crippen molar-refractivity contribution >= 4 is 34.3 Å². The van der Waals surface area contributed by atoms with E-state index in [2.05, 4.69) is 25.5 Å². The number of amides is 1. The van der Waals surface area contributed by atoms with Crippen LogP contribution in [0.15, 0.2) is 42.5 Å². The molecule has 1 aliphatic rings. The van der Waals surface area contributed by atoms with Crippen LogP contribution in [0.3, 0.4) is 0 Å². The number of aryl methyl sites for hydroxylation is 2. The highest BCUT2D eigenvalue weighted by Gasteiger charge is 2.30. The summed E-state index contributed by atoms with van der Waals surface area (Å²) in [6.45, 7) is 4.49. The molecule has 7 nitrogen and oxygen atoms in total. The highest BCUT2D eigenvalue weighted by molar-refractivity contribution is 7.15. The average molecular weight is 407 g/mol. The Morgan fingerprint density at radius 1 is 1.21 bits per heavy atom. The number of benzene rings is 1. The van der Waals surface area contributed by atoms with Crippen molar-refractivity contribution in [2.75, 3.05) is 11.9 Å². The summed E-state index contributed by atoms with van der Waals surface area (Å²) in [5.74, 6) is 1.33. The maximum atomic E-state index is 12.8. The van der Waals surface area contributed by atoms with Gasteiger partial charge in [0.1, 0.15) is 16.6 Å². The number of likely N-dealkylation sites (tertiary alicyclic amines) is 1. The fourth-order valence-electron chi connectivity index (χ4n) is 3.45. The number of carbonyl (C=O) groups is 1. The second-order valence-corrected chi connectivity index (χ2v) is 8.09. The highest BCUT2D eigenvalue weighted by Crippen LogP contribution is 2.32. The van der Waals surface area contributed by atoms with E-state index in [-0.39, 0.29) is 11.9 Å². The Morgan fingerprint density at radius 3 is 2.79 bits per heavy atom. The second kappa shape index (κ2) is 8.48. The molecule has 0 spiro atoms. The number of anilines is 2. The molecular weight excluding hydrogens is 384 g/mol. The lowest BCUT2D eigenvalue weighted by Crippen LogP contribution is -2.29. The monoisotopic (exact) mass is 406 g/mol. The van der Waals surface area contributed by atoms with Gasteiger partial charge in [0.15, 0.2) is 0 Å². The summed E-state index contributed by atoms with van der Waals surface area (Å²) in [5, 5.41) is 12.9. The van der Waals surface area contributed by atoms with Crippen molar-refractivity contribution < 1.29 is 4.79 Å². The molecule has 1 N–H and O–H groups in total. The van der Waals surface area contributed by atoms with Crippen LogP contribution in [0.25, 0.3) is 6.08 Å². The number of aromatic nitrogens is 4. The molecule has 0 radical (unpaired) electrons. The minimum Gasteiger partial charge on any atom is -0.331 e. The number of nitrogens with zero attached hydrogens (tertiary/aromatic N) is 5. The van der Waals surface area contributed by atoms with Crippen LogP contribution < -0.4 is 5.32 Å². The molecule has 0 bridgehead atoms. The predicted octanol–water partition coefficient (Wildman–Crippen LogP) is 4.07. The first-order valence-corrected chi connectivity index (χ1v) is 10.4. The predicted molar refractivity (Wildman–Crippen MR) is 114 cm³/mol. The van der Waals surface area contributed by atoms with Crippen LogP contribution in [0.5, 0.6) is 0 Å². The number of nitrogens with one attached hydrogen (secondary N) is 1. The van der Waals surface area contributed by atoms with E-state index in [1.807, 2.05) is 61.2 Å². The van der Waals surface area contributed by atoms with Crippen LogP contribution in [-0.4, -0.2) is 37.5 Å². The largest absolute Gasteiger partial charge is 0.331 e. The summed E-state index contributed by atoms with van der Waals surface area (Å²) in [6, 6.07) is 11.7. The van der Waals surface area contributed by atoms with Gasteiger partial charge in [-0.15, -0.1) is 10.2 Å². The summed E-state index contributed by atoms with van der Waals surface area (Å²) < 4.78 is 0. The topological polar surface area (TPSA) is 83.9 Å². The molecule has 1 aliphatic heterocycles. The van der Waals surface area contributed by atoms with E-state index < -0.39 is 0 Å². The van der Waals surface area contributed by atoms with E-state index in [1.54, 1.807) is 6.08 Å². The van der Waals surface area contributed by atoms with Crippen LogP contribution >= 0.6 is 11.3 Å². The van der Waals surface area contributed by atoms with Gasteiger partial charge in [0.25, 0.3) is 0 Å². The van der Waals surface area contributed by atoms with Crippen molar-refractivity contribution in [1.29, 1.82) is 0 Å². The summed E-state index contributed by atoms with van der Waals surface area (Å²) in [6.07, 6.45) is 5.34. The molecule has 4 rings (SSSR count). The fraction of sp³-hybridized carbons (Fsp3) is 0.286. The lowest BCUT2D eigenvalue weighted by Gasteiger charge is -2.23. The lowest BCUT2D eigenvalue weighted by atomic mass is 10.1. The zero-order valence-corrected chi connectivity index (χ0v) is 17.2. The van der Waals surface area contributed by atoms with Gasteiger partial charge in [0, 0.05) is 18.7 Å². The van der Waals surface area contributed by atoms with E-state index in [0.717, 1.165) is 35.7 Å². The van der Waals surface area contributed by atoms with E-state index in [0.29, 0.717) is 16.8 Å². The van der Waals surface area contributed by atoms with Crippen molar-refractivity contribution in [3.05, 3.63) is 64.6 Å². The van der Waals surface area contributed by atoms with Gasteiger partial charge in [-0.2, -0.15) is 0 Å². The molecule has 0 unspecified atom stereocenters. The van der Waals surface area contributed by atoms with Gasteiger partial charge in [-0.3, -0.25) is 4.79 Å². The van der Waals surface area contributed by atoms with Gasteiger partial charge in [-0.1, -0.05) is 41.7 Å². The van der Waals surface area contributed by atoms with Crippen LogP contribution in [-0.2, 0) is 4.79 Å². The smallest absolute Gasteiger partial charge is 0.247 e. The molecule has 3 heterocycles. The molecule has 3 aromatic rings. The fourth-order valence-corrected chi connectivity index (χ4v) is 4.05. The van der Waals surface area contributed by atoms with Crippen molar-refractivity contribution in [3.8, 4) is 0 Å². The van der Waals surface area contributed by atoms with Crippen LogP contribution in [0.4, 0.5) is 10.9 Å². The Labute approximate surface area is 173 Å². The Kier molecular flexibility index (Phi) is 5.62. The molecule has 0 saturated carbocycles. The van der Waals surface area contributed by atoms with Crippen molar-refractivity contribution in [1.82, 2.24) is 25.1 Å². The summed E-state index contributed by atoms with van der Waals surface area (Å²) in [5.41, 5.74) is 1.86. The standard InChI is InChI=1S/C21H22N6OS/c1-14-22-17(13-19(23-14)24-21-26-25-15(2)29-21)18-9-6-12-27(18)20(28)11-10-16-7-4-3-5-8-16/h3-5,7-8,10-11,13,18H,6,9,12H2,1-2H3,(H,22,23,24,26)/b11-10+/t18-/m1/s1. The van der Waals surface area contributed by atoms with Gasteiger partial charge in [0.05, 0.1) is 11.7 Å². The average Bonchev–Trinajstić information content (AvgIpc) is 3.36. The number of carbonyl (C=O) groups excluding carboxylic acids is 1. The Bertz CT molecular complexity index is 1030. The third-order valence-electron chi connectivity index (χ3n) is 4.71. The molecule has 1 saturated heterocycles. The Hall–Kier alpha value is -3.13. The molecule has 2 aromatic heterocycles. The van der Waals surface area contributed by atoms with Crippen molar-refractivity contribution in [2.24, 2.45) is 0 Å². The second-order valence-electron chi connectivity index (χ2n) is 6.91. The Balaban J connectivity index is 1.53. The maximum Gasteiger partial charge on any atom is 0.247 e. The van der Waals surface area contributed by atoms with E-state index >= 15 is 0 Å². The van der Waals surface area contributed by atoms with Crippen LogP contribution in [0, 0.1) is 13.8 Å². The summed E-state index contributed by atoms with van der Waals surface area (Å²) in [7, 11) is 0. The zero-order chi connectivity index (χ0) is 20.2. The van der Waals surface area contributed by atoms with Crippen molar-refractivity contribution in [3.63, 3.8) is 0 Å². The molecule has 148 valence electrons. The maximum absolute atomic E-state index is 12.8. The molecule has 8 heteroatoms. The first-order valence-electron chi connectivity index (χ1n) is 9.55. The van der Waals surface area contributed by atoms with E-state index in [1.165, 1.54) is 11.3 Å². The van der Waals surface area contributed by atoms with Crippen molar-refractivity contribution in [2.45, 2.75) is 32.7 Å². The molecule has 1 amide bonds. The molecule has 0 aliphatic carbocycles. The van der Waals surface area contributed by atoms with Crippen LogP contribution in [0.1, 0.15) is 41.0 Å². The van der Waals surface area contributed by atoms with Gasteiger partial charge < -0.3 is 10.2 Å². The van der Waals surface area contributed by atoms with Gasteiger partial charge in [-0.05, 0) is 38.3 Å². The van der Waals surface area contributed by atoms with E-state index in [4.69, 9.17) is 0 Å². The number of hydrogen-bond donors (Lipinski definition) is 1. The third kappa shape index (κ3) is 4.65. The van der Waals surface area contributed by atoms with Gasteiger partial charge in [-0.25, -0.2) is 9.97 Å². The molecule has 29 heavy (non-hydrogen) atoms. The minimum atomic E-state index is -0.0543. The lowest BCUT2D eigenvalue weighted by molar-refractivity contribution is -0.126. The van der Waals surface area contributed by atoms with E-state index in [9.17, 15) is 4.79 Å². The zero-order valence-electron chi connectivity index (χ0n) is 16.4.